The molecule has 2 aliphatic heterocycles. The third-order valence-electron chi connectivity index (χ3n) is 5.79. The number of carbonyl (C=O) groups excluding carboxylic acids is 1. The van der Waals surface area contributed by atoms with Crippen molar-refractivity contribution in [3.05, 3.63) is 53.6 Å². The van der Waals surface area contributed by atoms with E-state index >= 15 is 0 Å². The lowest BCUT2D eigenvalue weighted by Crippen LogP contribution is -2.48. The molecule has 8 heteroatoms. The minimum Gasteiger partial charge on any atom is -0.483 e. The summed E-state index contributed by atoms with van der Waals surface area (Å²) in [6.45, 7) is 5.31. The largest absolute Gasteiger partial charge is 0.483 e. The molecule has 2 aromatic carbocycles. The molecule has 2 heterocycles. The monoisotopic (exact) mass is 429 g/mol. The molecular formula is C22H27N3O4S. The highest BCUT2D eigenvalue weighted by Crippen LogP contribution is 2.33. The van der Waals surface area contributed by atoms with Gasteiger partial charge in [0.25, 0.3) is 15.9 Å². The second kappa shape index (κ2) is 8.28. The molecule has 0 N–H and O–H groups in total. The second-order valence-electron chi connectivity index (χ2n) is 7.86. The van der Waals surface area contributed by atoms with E-state index in [2.05, 4.69) is 4.90 Å². The Balaban J connectivity index is 1.45. The summed E-state index contributed by atoms with van der Waals surface area (Å²) < 4.78 is 33.5. The van der Waals surface area contributed by atoms with Crippen molar-refractivity contribution in [2.24, 2.45) is 0 Å². The summed E-state index contributed by atoms with van der Waals surface area (Å²) in [5, 5.41) is 0. The Hall–Kier alpha value is -2.58. The number of hydrogen-bond acceptors (Lipinski definition) is 5. The van der Waals surface area contributed by atoms with Crippen molar-refractivity contribution in [1.29, 1.82) is 0 Å². The third kappa shape index (κ3) is 4.02. The maximum atomic E-state index is 13.2. The fraction of sp³-hybridized carbons (Fsp3) is 0.409. The molecule has 160 valence electrons. The van der Waals surface area contributed by atoms with E-state index < -0.39 is 10.0 Å². The average Bonchev–Trinajstić information content (AvgIpc) is 3.18. The highest BCUT2D eigenvalue weighted by atomic mass is 32.2. The van der Waals surface area contributed by atoms with E-state index in [-0.39, 0.29) is 17.4 Å². The zero-order chi connectivity index (χ0) is 21.3. The molecule has 1 amide bonds. The van der Waals surface area contributed by atoms with Crippen molar-refractivity contribution in [1.82, 2.24) is 9.80 Å². The number of anilines is 1. The number of likely N-dealkylation sites (N-methyl/N-ethyl adjacent to an activating group) is 1. The van der Waals surface area contributed by atoms with Crippen LogP contribution in [0.3, 0.4) is 0 Å². The molecule has 0 aromatic heterocycles. The SMILES string of the molecule is Cc1cc(S(=O)(=O)N2CCc3ccccc32)ccc1OCC(=O)N1CCN(C)CC1. The predicted molar refractivity (Wildman–Crippen MR) is 115 cm³/mol. The number of aryl methyl sites for hydroxylation is 1. The lowest BCUT2D eigenvalue weighted by atomic mass is 10.2. The molecule has 2 aliphatic rings. The van der Waals surface area contributed by atoms with Gasteiger partial charge in [0.1, 0.15) is 5.75 Å². The number of para-hydroxylation sites is 1. The molecule has 0 spiro atoms. The van der Waals surface area contributed by atoms with Crippen molar-refractivity contribution < 1.29 is 17.9 Å². The smallest absolute Gasteiger partial charge is 0.264 e. The van der Waals surface area contributed by atoms with Gasteiger partial charge in [-0.2, -0.15) is 0 Å². The number of rotatable bonds is 5. The molecule has 0 unspecified atom stereocenters. The van der Waals surface area contributed by atoms with E-state index in [1.165, 1.54) is 4.31 Å². The molecule has 4 rings (SSSR count). The number of piperazine rings is 1. The van der Waals surface area contributed by atoms with Crippen molar-refractivity contribution in [3.8, 4) is 5.75 Å². The summed E-state index contributed by atoms with van der Waals surface area (Å²) in [6, 6.07) is 12.4. The molecule has 2 aromatic rings. The zero-order valence-corrected chi connectivity index (χ0v) is 18.2. The summed E-state index contributed by atoms with van der Waals surface area (Å²) in [7, 11) is -1.61. The first-order valence-electron chi connectivity index (χ1n) is 10.2. The Morgan fingerprint density at radius 2 is 1.77 bits per heavy atom. The van der Waals surface area contributed by atoms with Gasteiger partial charge in [0, 0.05) is 32.7 Å². The fourth-order valence-electron chi connectivity index (χ4n) is 3.92. The Morgan fingerprint density at radius 1 is 1.03 bits per heavy atom. The van der Waals surface area contributed by atoms with Crippen LogP contribution >= 0.6 is 0 Å². The van der Waals surface area contributed by atoms with Crippen LogP contribution in [0.2, 0.25) is 0 Å². The molecule has 0 aliphatic carbocycles. The van der Waals surface area contributed by atoms with Gasteiger partial charge in [-0.15, -0.1) is 0 Å². The van der Waals surface area contributed by atoms with Gasteiger partial charge >= 0.3 is 0 Å². The average molecular weight is 430 g/mol. The molecule has 0 atom stereocenters. The quantitative estimate of drug-likeness (QED) is 0.726. The number of benzene rings is 2. The predicted octanol–water partition coefficient (Wildman–Crippen LogP) is 1.90. The van der Waals surface area contributed by atoms with Gasteiger partial charge in [0.05, 0.1) is 10.6 Å². The molecule has 0 radical (unpaired) electrons. The molecule has 0 saturated carbocycles. The number of fused-ring (bicyclic) bond motifs is 1. The summed E-state index contributed by atoms with van der Waals surface area (Å²) in [4.78, 5) is 16.6. The summed E-state index contributed by atoms with van der Waals surface area (Å²) in [5.41, 5.74) is 2.48. The van der Waals surface area contributed by atoms with Crippen LogP contribution in [0.1, 0.15) is 11.1 Å². The maximum absolute atomic E-state index is 13.2. The van der Waals surface area contributed by atoms with Crippen LogP contribution in [0.15, 0.2) is 47.4 Å². The van der Waals surface area contributed by atoms with Gasteiger partial charge < -0.3 is 14.5 Å². The van der Waals surface area contributed by atoms with Crippen LogP contribution in [-0.2, 0) is 21.2 Å². The van der Waals surface area contributed by atoms with Gasteiger partial charge in [-0.1, -0.05) is 18.2 Å². The highest BCUT2D eigenvalue weighted by Gasteiger charge is 2.31. The number of sulfonamides is 1. The molecular weight excluding hydrogens is 402 g/mol. The molecule has 1 saturated heterocycles. The number of hydrogen-bond donors (Lipinski definition) is 0. The minimum atomic E-state index is -3.65. The number of ether oxygens (including phenoxy) is 1. The standard InChI is InChI=1S/C22H27N3O4S/c1-17-15-19(30(27,28)25-10-9-18-5-3-4-6-20(18)25)7-8-21(17)29-16-22(26)24-13-11-23(2)12-14-24/h3-8,15H,9-14,16H2,1-2H3. The van der Waals surface area contributed by atoms with E-state index in [1.54, 1.807) is 30.0 Å². The van der Waals surface area contributed by atoms with Crippen molar-refractivity contribution in [2.75, 3.05) is 50.7 Å². The Morgan fingerprint density at radius 3 is 2.50 bits per heavy atom. The lowest BCUT2D eigenvalue weighted by Gasteiger charge is -2.32. The summed E-state index contributed by atoms with van der Waals surface area (Å²) in [5.74, 6) is 0.478. The Labute approximate surface area is 177 Å². The van der Waals surface area contributed by atoms with Crippen LogP contribution < -0.4 is 9.04 Å². The van der Waals surface area contributed by atoms with Crippen LogP contribution in [0, 0.1) is 6.92 Å². The number of amides is 1. The van der Waals surface area contributed by atoms with Gasteiger partial charge in [-0.05, 0) is 55.8 Å². The third-order valence-corrected chi connectivity index (χ3v) is 7.60. The summed E-state index contributed by atoms with van der Waals surface area (Å²) in [6.07, 6.45) is 0.712. The number of nitrogens with zero attached hydrogens (tertiary/aromatic N) is 3. The van der Waals surface area contributed by atoms with Gasteiger partial charge in [-0.25, -0.2) is 8.42 Å². The number of carbonyl (C=O) groups is 1. The fourth-order valence-corrected chi connectivity index (χ4v) is 5.50. The van der Waals surface area contributed by atoms with Crippen LogP contribution in [0.25, 0.3) is 0 Å². The van der Waals surface area contributed by atoms with E-state index in [4.69, 9.17) is 4.74 Å². The van der Waals surface area contributed by atoms with Crippen LogP contribution in [0.5, 0.6) is 5.75 Å². The van der Waals surface area contributed by atoms with Gasteiger partial charge in [-0.3, -0.25) is 9.10 Å². The van der Waals surface area contributed by atoms with Crippen molar-refractivity contribution in [2.45, 2.75) is 18.2 Å². The van der Waals surface area contributed by atoms with Gasteiger partial charge in [0.15, 0.2) is 6.61 Å². The van der Waals surface area contributed by atoms with Crippen molar-refractivity contribution >= 4 is 21.6 Å². The van der Waals surface area contributed by atoms with E-state index in [9.17, 15) is 13.2 Å². The normalized spacial score (nSPS) is 17.1. The molecule has 1 fully saturated rings. The minimum absolute atomic E-state index is 0.0455. The first-order valence-corrected chi connectivity index (χ1v) is 11.6. The lowest BCUT2D eigenvalue weighted by molar-refractivity contribution is -0.134. The molecule has 7 nitrogen and oxygen atoms in total. The topological polar surface area (TPSA) is 70.2 Å². The molecule has 30 heavy (non-hydrogen) atoms. The Bertz CT molecular complexity index is 1050. The summed E-state index contributed by atoms with van der Waals surface area (Å²) >= 11 is 0. The molecule has 0 bridgehead atoms. The van der Waals surface area contributed by atoms with Gasteiger partial charge in [0.2, 0.25) is 0 Å². The Kier molecular flexibility index (Phi) is 5.71. The van der Waals surface area contributed by atoms with E-state index in [0.717, 1.165) is 24.3 Å². The van der Waals surface area contributed by atoms with E-state index in [0.29, 0.717) is 37.4 Å². The zero-order valence-electron chi connectivity index (χ0n) is 17.4. The van der Waals surface area contributed by atoms with Crippen LogP contribution in [-0.4, -0.2) is 70.5 Å². The van der Waals surface area contributed by atoms with E-state index in [1.807, 2.05) is 31.3 Å². The van der Waals surface area contributed by atoms with Crippen molar-refractivity contribution in [3.63, 3.8) is 0 Å². The maximum Gasteiger partial charge on any atom is 0.264 e. The second-order valence-corrected chi connectivity index (χ2v) is 9.72. The first kappa shape index (κ1) is 20.7. The van der Waals surface area contributed by atoms with Crippen LogP contribution in [0.4, 0.5) is 5.69 Å². The first-order chi connectivity index (χ1) is 14.4. The highest BCUT2D eigenvalue weighted by molar-refractivity contribution is 7.92.